The average Bonchev–Trinajstić information content (AvgIpc) is 2.85. The highest BCUT2D eigenvalue weighted by atomic mass is 16.6. The molecule has 3 N–H and O–H groups in total. The fourth-order valence-electron chi connectivity index (χ4n) is 2.25. The van der Waals surface area contributed by atoms with Crippen LogP contribution in [0.5, 0.6) is 11.5 Å². The molecule has 0 saturated carbocycles. The number of H-pyrrole nitrogens is 1. The highest BCUT2D eigenvalue weighted by molar-refractivity contribution is 5.80. The molecule has 0 amide bonds. The zero-order valence-electron chi connectivity index (χ0n) is 11.3. The van der Waals surface area contributed by atoms with Crippen molar-refractivity contribution in [2.24, 2.45) is 11.7 Å². The molecule has 5 heteroatoms. The van der Waals surface area contributed by atoms with Crippen LogP contribution in [0.4, 0.5) is 0 Å². The van der Waals surface area contributed by atoms with E-state index in [2.05, 4.69) is 23.8 Å². The molecule has 1 aromatic heterocycles. The monoisotopic (exact) mass is 261 g/mol. The summed E-state index contributed by atoms with van der Waals surface area (Å²) in [6, 6.07) is 3.77. The maximum Gasteiger partial charge on any atom is 0.163 e. The number of nitrogens with one attached hydrogen (secondary N) is 1. The second-order valence-corrected chi connectivity index (χ2v) is 5.05. The van der Waals surface area contributed by atoms with E-state index in [0.717, 1.165) is 34.8 Å². The van der Waals surface area contributed by atoms with Gasteiger partial charge < -0.3 is 20.2 Å². The van der Waals surface area contributed by atoms with Crippen molar-refractivity contribution in [3.63, 3.8) is 0 Å². The molecule has 19 heavy (non-hydrogen) atoms. The van der Waals surface area contributed by atoms with Gasteiger partial charge in [0.05, 0.1) is 17.1 Å². The second-order valence-electron chi connectivity index (χ2n) is 5.05. The zero-order chi connectivity index (χ0) is 13.4. The van der Waals surface area contributed by atoms with Crippen molar-refractivity contribution in [2.45, 2.75) is 26.3 Å². The van der Waals surface area contributed by atoms with E-state index >= 15 is 0 Å². The quantitative estimate of drug-likeness (QED) is 0.889. The van der Waals surface area contributed by atoms with Crippen LogP contribution in [0.25, 0.3) is 11.0 Å². The molecule has 102 valence electrons. The van der Waals surface area contributed by atoms with Gasteiger partial charge >= 0.3 is 0 Å². The van der Waals surface area contributed by atoms with Crippen molar-refractivity contribution in [3.05, 3.63) is 18.0 Å². The predicted molar refractivity (Wildman–Crippen MR) is 73.5 cm³/mol. The van der Waals surface area contributed by atoms with Crippen LogP contribution >= 0.6 is 0 Å². The first-order valence-electron chi connectivity index (χ1n) is 6.74. The van der Waals surface area contributed by atoms with Gasteiger partial charge in [-0.1, -0.05) is 20.3 Å². The van der Waals surface area contributed by atoms with E-state index in [-0.39, 0.29) is 6.04 Å². The third kappa shape index (κ3) is 2.14. The standard InChI is InChI=1S/C14H19N3O2/c1-3-8(2)13(15)14-16-9-6-11-12(7-10(9)17-14)19-5-4-18-11/h6-8,13H,3-5,15H2,1-2H3,(H,16,17). The van der Waals surface area contributed by atoms with E-state index in [9.17, 15) is 0 Å². The average molecular weight is 261 g/mol. The number of aromatic nitrogens is 2. The van der Waals surface area contributed by atoms with Crippen molar-refractivity contribution < 1.29 is 9.47 Å². The number of aromatic amines is 1. The minimum atomic E-state index is -0.0729. The molecule has 0 radical (unpaired) electrons. The molecular weight excluding hydrogens is 242 g/mol. The minimum Gasteiger partial charge on any atom is -0.486 e. The second kappa shape index (κ2) is 4.74. The Morgan fingerprint density at radius 2 is 2.00 bits per heavy atom. The number of rotatable bonds is 3. The highest BCUT2D eigenvalue weighted by Gasteiger charge is 2.19. The summed E-state index contributed by atoms with van der Waals surface area (Å²) < 4.78 is 11.1. The molecule has 2 heterocycles. The molecule has 2 aromatic rings. The first-order valence-corrected chi connectivity index (χ1v) is 6.74. The third-order valence-electron chi connectivity index (χ3n) is 3.74. The van der Waals surface area contributed by atoms with E-state index in [1.54, 1.807) is 0 Å². The summed E-state index contributed by atoms with van der Waals surface area (Å²) in [6.07, 6.45) is 1.03. The molecule has 0 aliphatic carbocycles. The molecule has 0 bridgehead atoms. The number of imidazole rings is 1. The van der Waals surface area contributed by atoms with Crippen LogP contribution in [0.1, 0.15) is 32.1 Å². The molecule has 5 nitrogen and oxygen atoms in total. The van der Waals surface area contributed by atoms with Gasteiger partial charge in [-0.2, -0.15) is 0 Å². The minimum absolute atomic E-state index is 0.0729. The van der Waals surface area contributed by atoms with Gasteiger partial charge in [0.15, 0.2) is 11.5 Å². The Morgan fingerprint density at radius 3 is 2.68 bits per heavy atom. The van der Waals surface area contributed by atoms with Gasteiger partial charge in [-0.15, -0.1) is 0 Å². The predicted octanol–water partition coefficient (Wildman–Crippen LogP) is 2.38. The molecule has 0 saturated heterocycles. The van der Waals surface area contributed by atoms with Crippen molar-refractivity contribution in [1.29, 1.82) is 0 Å². The van der Waals surface area contributed by atoms with Gasteiger partial charge in [-0.05, 0) is 5.92 Å². The number of benzene rings is 1. The van der Waals surface area contributed by atoms with E-state index in [1.807, 2.05) is 12.1 Å². The fourth-order valence-corrected chi connectivity index (χ4v) is 2.25. The van der Waals surface area contributed by atoms with Gasteiger partial charge in [0.1, 0.15) is 19.0 Å². The van der Waals surface area contributed by atoms with Crippen molar-refractivity contribution >= 4 is 11.0 Å². The largest absolute Gasteiger partial charge is 0.486 e. The van der Waals surface area contributed by atoms with Crippen LogP contribution in [0.15, 0.2) is 12.1 Å². The maximum absolute atomic E-state index is 6.21. The molecule has 0 spiro atoms. The molecule has 1 aromatic carbocycles. The van der Waals surface area contributed by atoms with Crippen LogP contribution in [0.2, 0.25) is 0 Å². The van der Waals surface area contributed by atoms with Crippen LogP contribution in [0.3, 0.4) is 0 Å². The van der Waals surface area contributed by atoms with Gasteiger partial charge in [0.2, 0.25) is 0 Å². The number of nitrogens with two attached hydrogens (primary N) is 1. The number of hydrogen-bond donors (Lipinski definition) is 2. The van der Waals surface area contributed by atoms with E-state index < -0.39 is 0 Å². The van der Waals surface area contributed by atoms with Crippen molar-refractivity contribution in [1.82, 2.24) is 9.97 Å². The molecule has 1 aliphatic heterocycles. The Morgan fingerprint density at radius 1 is 1.32 bits per heavy atom. The van der Waals surface area contributed by atoms with E-state index in [0.29, 0.717) is 19.1 Å². The molecule has 3 rings (SSSR count). The normalized spacial score (nSPS) is 17.4. The number of hydrogen-bond acceptors (Lipinski definition) is 4. The Balaban J connectivity index is 2.01. The van der Waals surface area contributed by atoms with Crippen LogP contribution in [-0.4, -0.2) is 23.2 Å². The summed E-state index contributed by atoms with van der Waals surface area (Å²) in [4.78, 5) is 7.86. The van der Waals surface area contributed by atoms with Crippen LogP contribution < -0.4 is 15.2 Å². The van der Waals surface area contributed by atoms with Crippen molar-refractivity contribution in [3.8, 4) is 11.5 Å². The first kappa shape index (κ1) is 12.3. The lowest BCUT2D eigenvalue weighted by atomic mass is 10.00. The molecule has 0 fully saturated rings. The van der Waals surface area contributed by atoms with E-state index in [1.165, 1.54) is 0 Å². The summed E-state index contributed by atoms with van der Waals surface area (Å²) in [5.41, 5.74) is 8.03. The van der Waals surface area contributed by atoms with Crippen LogP contribution in [-0.2, 0) is 0 Å². The zero-order valence-corrected chi connectivity index (χ0v) is 11.3. The lowest BCUT2D eigenvalue weighted by molar-refractivity contribution is 0.172. The highest BCUT2D eigenvalue weighted by Crippen LogP contribution is 2.34. The Kier molecular flexibility index (Phi) is 3.06. The maximum atomic E-state index is 6.21. The van der Waals surface area contributed by atoms with E-state index in [4.69, 9.17) is 15.2 Å². The number of nitrogens with zero attached hydrogens (tertiary/aromatic N) is 1. The Bertz CT molecular complexity index is 551. The summed E-state index contributed by atoms with van der Waals surface area (Å²) in [5.74, 6) is 2.74. The smallest absolute Gasteiger partial charge is 0.163 e. The molecule has 1 aliphatic rings. The van der Waals surface area contributed by atoms with Gasteiger partial charge in [0, 0.05) is 12.1 Å². The molecular formula is C14H19N3O2. The Hall–Kier alpha value is -1.75. The number of fused-ring (bicyclic) bond motifs is 2. The summed E-state index contributed by atoms with van der Waals surface area (Å²) in [5, 5.41) is 0. The topological polar surface area (TPSA) is 73.2 Å². The number of ether oxygens (including phenoxy) is 2. The summed E-state index contributed by atoms with van der Waals surface area (Å²) in [7, 11) is 0. The van der Waals surface area contributed by atoms with Gasteiger partial charge in [0.25, 0.3) is 0 Å². The summed E-state index contributed by atoms with van der Waals surface area (Å²) in [6.45, 7) is 5.44. The SMILES string of the molecule is CCC(C)C(N)c1nc2cc3c(cc2[nH]1)OCCO3. The Labute approximate surface area is 112 Å². The molecule has 2 atom stereocenters. The van der Waals surface area contributed by atoms with Gasteiger partial charge in [-0.25, -0.2) is 4.98 Å². The third-order valence-corrected chi connectivity index (χ3v) is 3.74. The van der Waals surface area contributed by atoms with Crippen molar-refractivity contribution in [2.75, 3.05) is 13.2 Å². The molecule has 2 unspecified atom stereocenters. The lowest BCUT2D eigenvalue weighted by Gasteiger charge is -2.17. The lowest BCUT2D eigenvalue weighted by Crippen LogP contribution is -2.19. The first-order chi connectivity index (χ1) is 9.19. The van der Waals surface area contributed by atoms with Crippen LogP contribution in [0, 0.1) is 5.92 Å². The summed E-state index contributed by atoms with van der Waals surface area (Å²) >= 11 is 0. The fraction of sp³-hybridized carbons (Fsp3) is 0.500. The van der Waals surface area contributed by atoms with Gasteiger partial charge in [-0.3, -0.25) is 0 Å².